The van der Waals surface area contributed by atoms with E-state index >= 15 is 0 Å². The lowest BCUT2D eigenvalue weighted by molar-refractivity contribution is -0.143. The van der Waals surface area contributed by atoms with Crippen molar-refractivity contribution < 1.29 is 13.9 Å². The molecule has 0 bridgehead atoms. The molecule has 152 valence electrons. The molecular weight excluding hydrogens is 362 g/mol. The molecule has 1 aromatic heterocycles. The van der Waals surface area contributed by atoms with Gasteiger partial charge in [0.1, 0.15) is 12.2 Å². The van der Waals surface area contributed by atoms with E-state index < -0.39 is 5.92 Å². The van der Waals surface area contributed by atoms with Gasteiger partial charge in [-0.15, -0.1) is 0 Å². The molecule has 4 nitrogen and oxygen atoms in total. The van der Waals surface area contributed by atoms with Crippen molar-refractivity contribution >= 4 is 5.97 Å². The van der Waals surface area contributed by atoms with Gasteiger partial charge in [-0.25, -0.2) is 4.98 Å². The second-order valence-electron chi connectivity index (χ2n) is 7.36. The van der Waals surface area contributed by atoms with Crippen LogP contribution in [0.15, 0.2) is 77.5 Å². The number of hydrogen-bond acceptors (Lipinski definition) is 4. The summed E-state index contributed by atoms with van der Waals surface area (Å²) in [5.41, 5.74) is 2.52. The Hall–Kier alpha value is -2.88. The molecule has 2 aromatic carbocycles. The van der Waals surface area contributed by atoms with Gasteiger partial charge in [-0.1, -0.05) is 80.4 Å². The highest BCUT2D eigenvalue weighted by molar-refractivity contribution is 5.76. The minimum absolute atomic E-state index is 0.140. The fourth-order valence-corrected chi connectivity index (χ4v) is 4.06. The number of unbranched alkanes of at least 4 members (excludes halogenated alkanes) is 1. The number of carbonyl (C=O) groups is 1. The lowest BCUT2D eigenvalue weighted by atomic mass is 9.74. The maximum Gasteiger partial charge on any atom is 0.318 e. The molecule has 3 rings (SSSR count). The van der Waals surface area contributed by atoms with Crippen LogP contribution < -0.4 is 0 Å². The zero-order chi connectivity index (χ0) is 20.5. The summed E-state index contributed by atoms with van der Waals surface area (Å²) in [4.78, 5) is 16.9. The third kappa shape index (κ3) is 5.35. The van der Waals surface area contributed by atoms with Gasteiger partial charge >= 0.3 is 5.97 Å². The van der Waals surface area contributed by atoms with Crippen molar-refractivity contribution in [2.75, 3.05) is 7.11 Å². The number of benzene rings is 2. The fourth-order valence-electron chi connectivity index (χ4n) is 4.06. The van der Waals surface area contributed by atoms with Gasteiger partial charge in [0.2, 0.25) is 5.89 Å². The van der Waals surface area contributed by atoms with Crippen LogP contribution in [-0.4, -0.2) is 18.1 Å². The maximum atomic E-state index is 12.6. The molecule has 0 amide bonds. The third-order valence-electron chi connectivity index (χ3n) is 5.53. The van der Waals surface area contributed by atoms with Crippen LogP contribution in [0.25, 0.3) is 0 Å². The van der Waals surface area contributed by atoms with Gasteiger partial charge in [0.15, 0.2) is 0 Å². The standard InChI is InChI=1S/C25H29NO3/c1-3-4-15-21(19-11-7-5-8-12-19)22(20-13-9-6-10-14-20)18-23(25(27)28-2)24-26-16-17-29-24/h5-14,16-17,21-23H,3-4,15,18H2,1-2H3. The van der Waals surface area contributed by atoms with Crippen LogP contribution in [0.1, 0.15) is 67.4 Å². The maximum absolute atomic E-state index is 12.6. The number of aromatic nitrogens is 1. The van der Waals surface area contributed by atoms with Gasteiger partial charge in [-0.05, 0) is 35.8 Å². The van der Waals surface area contributed by atoms with Gasteiger partial charge in [0, 0.05) is 0 Å². The lowest BCUT2D eigenvalue weighted by Gasteiger charge is -2.30. The molecule has 0 aliphatic heterocycles. The second-order valence-corrected chi connectivity index (χ2v) is 7.36. The Morgan fingerprint density at radius 2 is 1.62 bits per heavy atom. The van der Waals surface area contributed by atoms with Crippen molar-refractivity contribution in [2.24, 2.45) is 0 Å². The average Bonchev–Trinajstić information content (AvgIpc) is 3.31. The summed E-state index contributed by atoms with van der Waals surface area (Å²) in [5.74, 6) is 0.00521. The van der Waals surface area contributed by atoms with Gasteiger partial charge in [0.25, 0.3) is 0 Å². The highest BCUT2D eigenvalue weighted by Crippen LogP contribution is 2.43. The topological polar surface area (TPSA) is 52.3 Å². The molecule has 0 fully saturated rings. The SMILES string of the molecule is CCCCC(c1ccccc1)C(CC(C(=O)OC)c1ncco1)c1ccccc1. The van der Waals surface area contributed by atoms with Crippen molar-refractivity contribution in [3.05, 3.63) is 90.1 Å². The van der Waals surface area contributed by atoms with E-state index in [1.807, 2.05) is 12.1 Å². The predicted octanol–water partition coefficient (Wildman–Crippen LogP) is 6.08. The van der Waals surface area contributed by atoms with Crippen LogP contribution in [0.2, 0.25) is 0 Å². The molecule has 3 atom stereocenters. The first-order valence-electron chi connectivity index (χ1n) is 10.3. The molecule has 0 N–H and O–H groups in total. The monoisotopic (exact) mass is 391 g/mol. The minimum Gasteiger partial charge on any atom is -0.468 e. The third-order valence-corrected chi connectivity index (χ3v) is 5.53. The van der Waals surface area contributed by atoms with E-state index in [1.54, 1.807) is 6.20 Å². The van der Waals surface area contributed by atoms with E-state index in [2.05, 4.69) is 60.4 Å². The quantitative estimate of drug-likeness (QED) is 0.393. The van der Waals surface area contributed by atoms with Crippen LogP contribution in [0, 0.1) is 0 Å². The molecule has 0 saturated heterocycles. The largest absolute Gasteiger partial charge is 0.468 e. The van der Waals surface area contributed by atoms with Crippen molar-refractivity contribution in [2.45, 2.75) is 50.4 Å². The van der Waals surface area contributed by atoms with E-state index in [0.29, 0.717) is 18.2 Å². The molecule has 4 heteroatoms. The number of ether oxygens (including phenoxy) is 1. The molecular formula is C25H29NO3. The van der Waals surface area contributed by atoms with Gasteiger partial charge in [0.05, 0.1) is 13.3 Å². The molecule has 1 heterocycles. The summed E-state index contributed by atoms with van der Waals surface area (Å²) in [6.07, 6.45) is 6.99. The lowest BCUT2D eigenvalue weighted by Crippen LogP contribution is -2.21. The Kier molecular flexibility index (Phi) is 7.62. The minimum atomic E-state index is -0.534. The summed E-state index contributed by atoms with van der Waals surface area (Å²) in [6.45, 7) is 2.21. The second kappa shape index (κ2) is 10.6. The summed E-state index contributed by atoms with van der Waals surface area (Å²) in [6, 6.07) is 21.0. The highest BCUT2D eigenvalue weighted by atomic mass is 16.5. The molecule has 0 radical (unpaired) electrons. The first-order valence-corrected chi connectivity index (χ1v) is 10.3. The predicted molar refractivity (Wildman–Crippen MR) is 114 cm³/mol. The van der Waals surface area contributed by atoms with E-state index in [0.717, 1.165) is 19.3 Å². The van der Waals surface area contributed by atoms with Crippen LogP contribution >= 0.6 is 0 Å². The Bertz CT molecular complexity index is 846. The number of carbonyl (C=O) groups excluding carboxylic acids is 1. The van der Waals surface area contributed by atoms with E-state index in [1.165, 1.54) is 24.5 Å². The Morgan fingerprint density at radius 3 is 2.14 bits per heavy atom. The molecule has 0 saturated carbocycles. The zero-order valence-electron chi connectivity index (χ0n) is 17.2. The van der Waals surface area contributed by atoms with Gasteiger partial charge in [-0.3, -0.25) is 4.79 Å². The van der Waals surface area contributed by atoms with Gasteiger partial charge in [-0.2, -0.15) is 0 Å². The van der Waals surface area contributed by atoms with Crippen LogP contribution in [0.4, 0.5) is 0 Å². The van der Waals surface area contributed by atoms with E-state index in [9.17, 15) is 4.79 Å². The Labute approximate surface area is 172 Å². The van der Waals surface area contributed by atoms with Gasteiger partial charge < -0.3 is 9.15 Å². The summed E-state index contributed by atoms with van der Waals surface area (Å²) in [7, 11) is 1.42. The van der Waals surface area contributed by atoms with Crippen molar-refractivity contribution in [3.63, 3.8) is 0 Å². The number of nitrogens with zero attached hydrogens (tertiary/aromatic N) is 1. The Balaban J connectivity index is 2.01. The normalized spacial score (nSPS) is 14.1. The van der Waals surface area contributed by atoms with Crippen molar-refractivity contribution in [3.8, 4) is 0 Å². The van der Waals surface area contributed by atoms with Crippen LogP contribution in [-0.2, 0) is 9.53 Å². The first-order chi connectivity index (χ1) is 14.2. The number of esters is 1. The van der Waals surface area contributed by atoms with Crippen molar-refractivity contribution in [1.82, 2.24) is 4.98 Å². The highest BCUT2D eigenvalue weighted by Gasteiger charge is 2.34. The van der Waals surface area contributed by atoms with E-state index in [-0.39, 0.29) is 11.9 Å². The fraction of sp³-hybridized carbons (Fsp3) is 0.360. The molecule has 3 aromatic rings. The van der Waals surface area contributed by atoms with Crippen LogP contribution in [0.3, 0.4) is 0 Å². The molecule has 29 heavy (non-hydrogen) atoms. The molecule has 3 unspecified atom stereocenters. The summed E-state index contributed by atoms with van der Waals surface area (Å²) < 4.78 is 10.6. The average molecular weight is 392 g/mol. The van der Waals surface area contributed by atoms with E-state index in [4.69, 9.17) is 9.15 Å². The summed E-state index contributed by atoms with van der Waals surface area (Å²) in [5, 5.41) is 0. The Morgan fingerprint density at radius 1 is 1.00 bits per heavy atom. The van der Waals surface area contributed by atoms with Crippen molar-refractivity contribution in [1.29, 1.82) is 0 Å². The first kappa shape index (κ1) is 20.8. The van der Waals surface area contributed by atoms with Crippen LogP contribution in [0.5, 0.6) is 0 Å². The molecule has 0 aliphatic carbocycles. The zero-order valence-corrected chi connectivity index (χ0v) is 17.2. The number of hydrogen-bond donors (Lipinski definition) is 0. The molecule has 0 aliphatic rings. The number of methoxy groups -OCH3 is 1. The molecule has 0 spiro atoms. The smallest absolute Gasteiger partial charge is 0.318 e. The summed E-state index contributed by atoms with van der Waals surface area (Å²) >= 11 is 0. The number of rotatable bonds is 10. The number of oxazole rings is 1.